The van der Waals surface area contributed by atoms with Crippen LogP contribution in [-0.4, -0.2) is 37.0 Å². The van der Waals surface area contributed by atoms with E-state index in [0.717, 1.165) is 32.1 Å². The van der Waals surface area contributed by atoms with Gasteiger partial charge in [-0.2, -0.15) is 0 Å². The Bertz CT molecular complexity index is 333. The summed E-state index contributed by atoms with van der Waals surface area (Å²) in [7, 11) is 0. The molecule has 1 unspecified atom stereocenters. The zero-order chi connectivity index (χ0) is 21.4. The molecule has 1 N–H and O–H groups in total. The van der Waals surface area contributed by atoms with Crippen molar-refractivity contribution in [1.29, 1.82) is 0 Å². The largest absolute Gasteiger partial charge is 0.457 e. The maximum atomic E-state index is 11.7. The normalized spacial score (nSPS) is 12.2. The molecule has 0 aliphatic heterocycles. The van der Waals surface area contributed by atoms with Gasteiger partial charge in [-0.3, -0.25) is 4.79 Å². The second-order valence-corrected chi connectivity index (χ2v) is 8.42. The molecule has 0 aliphatic carbocycles. The van der Waals surface area contributed by atoms with E-state index in [-0.39, 0.29) is 12.6 Å². The highest BCUT2D eigenvalue weighted by atomic mass is 16.6. The summed E-state index contributed by atoms with van der Waals surface area (Å²) < 4.78 is 10.9. The van der Waals surface area contributed by atoms with E-state index < -0.39 is 6.10 Å². The standard InChI is InChI=1S/C25H50O4/c1-3-5-7-9-10-11-12-13-14-15-16-17-19-21-28-23-24(22-26)29-25(27)20-18-8-6-4-2/h24,26H,3-23H2,1-2H3. The molecule has 0 aromatic carbocycles. The van der Waals surface area contributed by atoms with Gasteiger partial charge in [-0.15, -0.1) is 0 Å². The van der Waals surface area contributed by atoms with Gasteiger partial charge < -0.3 is 14.6 Å². The fourth-order valence-electron chi connectivity index (χ4n) is 3.50. The third-order valence-electron chi connectivity index (χ3n) is 5.43. The summed E-state index contributed by atoms with van der Waals surface area (Å²) in [4.78, 5) is 11.7. The van der Waals surface area contributed by atoms with Gasteiger partial charge in [0.2, 0.25) is 0 Å². The molecule has 0 aromatic heterocycles. The van der Waals surface area contributed by atoms with Crippen LogP contribution in [0.2, 0.25) is 0 Å². The highest BCUT2D eigenvalue weighted by molar-refractivity contribution is 5.69. The summed E-state index contributed by atoms with van der Waals surface area (Å²) in [6, 6.07) is 0. The van der Waals surface area contributed by atoms with Crippen LogP contribution in [0.15, 0.2) is 0 Å². The Morgan fingerprint density at radius 1 is 0.690 bits per heavy atom. The first-order valence-corrected chi connectivity index (χ1v) is 12.6. The molecule has 29 heavy (non-hydrogen) atoms. The van der Waals surface area contributed by atoms with Crippen molar-refractivity contribution in [3.63, 3.8) is 0 Å². The van der Waals surface area contributed by atoms with E-state index in [0.29, 0.717) is 19.6 Å². The lowest BCUT2D eigenvalue weighted by Gasteiger charge is -2.15. The molecular weight excluding hydrogens is 364 g/mol. The lowest BCUT2D eigenvalue weighted by molar-refractivity contribution is -0.154. The smallest absolute Gasteiger partial charge is 0.306 e. The fourth-order valence-corrected chi connectivity index (χ4v) is 3.50. The summed E-state index contributed by atoms with van der Waals surface area (Å²) in [6.45, 7) is 5.23. The second-order valence-electron chi connectivity index (χ2n) is 8.42. The molecule has 0 rings (SSSR count). The molecule has 0 heterocycles. The van der Waals surface area contributed by atoms with Crippen LogP contribution >= 0.6 is 0 Å². The van der Waals surface area contributed by atoms with Crippen molar-refractivity contribution in [2.24, 2.45) is 0 Å². The number of hydrogen-bond donors (Lipinski definition) is 1. The van der Waals surface area contributed by atoms with Crippen LogP contribution < -0.4 is 0 Å². The number of carbonyl (C=O) groups excluding carboxylic acids is 1. The molecule has 0 saturated heterocycles. The summed E-state index contributed by atoms with van der Waals surface area (Å²) in [5, 5.41) is 9.34. The first-order chi connectivity index (χ1) is 14.2. The predicted molar refractivity (Wildman–Crippen MR) is 122 cm³/mol. The van der Waals surface area contributed by atoms with Crippen LogP contribution in [0.25, 0.3) is 0 Å². The Balaban J connectivity index is 3.35. The average molecular weight is 415 g/mol. The molecular formula is C25H50O4. The number of ether oxygens (including phenoxy) is 2. The number of esters is 1. The molecule has 0 radical (unpaired) electrons. The first-order valence-electron chi connectivity index (χ1n) is 12.6. The van der Waals surface area contributed by atoms with Gasteiger partial charge >= 0.3 is 5.97 Å². The summed E-state index contributed by atoms with van der Waals surface area (Å²) >= 11 is 0. The minimum Gasteiger partial charge on any atom is -0.457 e. The molecule has 0 amide bonds. The van der Waals surface area contributed by atoms with Gasteiger partial charge in [0.05, 0.1) is 13.2 Å². The maximum Gasteiger partial charge on any atom is 0.306 e. The van der Waals surface area contributed by atoms with Crippen LogP contribution in [0.5, 0.6) is 0 Å². The van der Waals surface area contributed by atoms with Crippen LogP contribution in [0.4, 0.5) is 0 Å². The number of hydrogen-bond acceptors (Lipinski definition) is 4. The van der Waals surface area contributed by atoms with Gasteiger partial charge in [0, 0.05) is 13.0 Å². The van der Waals surface area contributed by atoms with E-state index in [1.807, 2.05) is 0 Å². The van der Waals surface area contributed by atoms with Crippen molar-refractivity contribution in [2.75, 3.05) is 19.8 Å². The van der Waals surface area contributed by atoms with Crippen molar-refractivity contribution in [2.45, 2.75) is 136 Å². The molecule has 0 aliphatic rings. The van der Waals surface area contributed by atoms with Crippen molar-refractivity contribution in [1.82, 2.24) is 0 Å². The topological polar surface area (TPSA) is 55.8 Å². The van der Waals surface area contributed by atoms with Gasteiger partial charge in [0.25, 0.3) is 0 Å². The van der Waals surface area contributed by atoms with Crippen molar-refractivity contribution in [3.8, 4) is 0 Å². The van der Waals surface area contributed by atoms with Gasteiger partial charge in [0.1, 0.15) is 6.10 Å². The predicted octanol–water partition coefficient (Wildman–Crippen LogP) is 6.97. The number of aliphatic hydroxyl groups is 1. The van der Waals surface area contributed by atoms with Crippen LogP contribution in [-0.2, 0) is 14.3 Å². The van der Waals surface area contributed by atoms with Gasteiger partial charge in [-0.25, -0.2) is 0 Å². The van der Waals surface area contributed by atoms with Gasteiger partial charge in [-0.1, -0.05) is 110 Å². The molecule has 0 fully saturated rings. The Morgan fingerprint density at radius 3 is 1.62 bits per heavy atom. The summed E-state index contributed by atoms with van der Waals surface area (Å²) in [6.07, 6.45) is 21.5. The van der Waals surface area contributed by atoms with E-state index >= 15 is 0 Å². The highest BCUT2D eigenvalue weighted by Gasteiger charge is 2.13. The third-order valence-corrected chi connectivity index (χ3v) is 5.43. The first kappa shape index (κ1) is 28.4. The molecule has 4 nitrogen and oxygen atoms in total. The lowest BCUT2D eigenvalue weighted by atomic mass is 10.0. The quantitative estimate of drug-likeness (QED) is 0.145. The SMILES string of the molecule is CCCCCCCCCCCCCCCOCC(CO)OC(=O)CCCCCC. The Morgan fingerprint density at radius 2 is 1.14 bits per heavy atom. The highest BCUT2D eigenvalue weighted by Crippen LogP contribution is 2.12. The Kier molecular flexibility index (Phi) is 23.2. The fraction of sp³-hybridized carbons (Fsp3) is 0.960. The molecule has 0 bridgehead atoms. The molecule has 1 atom stereocenters. The Labute approximate surface area is 181 Å². The number of unbranched alkanes of at least 4 members (excludes halogenated alkanes) is 15. The number of carbonyl (C=O) groups is 1. The number of rotatable bonds is 23. The minimum absolute atomic E-state index is 0.167. The van der Waals surface area contributed by atoms with Crippen LogP contribution in [0.1, 0.15) is 129 Å². The van der Waals surface area contributed by atoms with E-state index in [1.54, 1.807) is 0 Å². The van der Waals surface area contributed by atoms with E-state index in [2.05, 4.69) is 13.8 Å². The van der Waals surface area contributed by atoms with Crippen molar-refractivity contribution < 1.29 is 19.4 Å². The van der Waals surface area contributed by atoms with Crippen LogP contribution in [0, 0.1) is 0 Å². The van der Waals surface area contributed by atoms with Crippen molar-refractivity contribution in [3.05, 3.63) is 0 Å². The van der Waals surface area contributed by atoms with E-state index in [1.165, 1.54) is 77.0 Å². The van der Waals surface area contributed by atoms with E-state index in [4.69, 9.17) is 9.47 Å². The zero-order valence-corrected chi connectivity index (χ0v) is 19.6. The molecule has 4 heteroatoms. The third kappa shape index (κ3) is 21.9. The zero-order valence-electron chi connectivity index (χ0n) is 19.6. The summed E-state index contributed by atoms with van der Waals surface area (Å²) in [5.74, 6) is -0.218. The molecule has 0 aromatic rings. The Hall–Kier alpha value is -0.610. The van der Waals surface area contributed by atoms with Gasteiger partial charge in [0.15, 0.2) is 0 Å². The van der Waals surface area contributed by atoms with Gasteiger partial charge in [-0.05, 0) is 12.8 Å². The second kappa shape index (κ2) is 23.7. The minimum atomic E-state index is -0.518. The monoisotopic (exact) mass is 414 g/mol. The molecule has 0 spiro atoms. The average Bonchev–Trinajstić information content (AvgIpc) is 2.73. The lowest BCUT2D eigenvalue weighted by Crippen LogP contribution is -2.27. The summed E-state index contributed by atoms with van der Waals surface area (Å²) in [5.41, 5.74) is 0. The van der Waals surface area contributed by atoms with E-state index in [9.17, 15) is 9.90 Å². The molecule has 0 saturated carbocycles. The van der Waals surface area contributed by atoms with Crippen LogP contribution in [0.3, 0.4) is 0 Å². The number of aliphatic hydroxyl groups excluding tert-OH is 1. The maximum absolute atomic E-state index is 11.7. The molecule has 174 valence electrons. The van der Waals surface area contributed by atoms with Crippen molar-refractivity contribution >= 4 is 5.97 Å².